The standard InChI is InChI=1S/C27H36ClF3N2O4/c1-4-19(10-8-9-17-37-21-13-14-22(23(28)18-21)24(34)33(2)3)15-16-32-25(35)26(36,27(29,30)31)20-11-6-5-7-12-20/h5-6,11,13-14,18-19,36H,4,7-10,12,15-17H2,1-3H3,(H,32,35)/t19?,26-/m0/s1. The molecule has 37 heavy (non-hydrogen) atoms. The minimum Gasteiger partial charge on any atom is -0.494 e. The van der Waals surface area contributed by atoms with Crippen molar-refractivity contribution in [2.45, 2.75) is 63.6 Å². The Morgan fingerprint density at radius 2 is 1.95 bits per heavy atom. The Hall–Kier alpha value is -2.52. The number of ether oxygens (including phenoxy) is 1. The second-order valence-corrected chi connectivity index (χ2v) is 9.78. The molecule has 0 radical (unpaired) electrons. The van der Waals surface area contributed by atoms with Crippen molar-refractivity contribution in [3.05, 3.63) is 52.6 Å². The first kappa shape index (κ1) is 30.7. The predicted molar refractivity (Wildman–Crippen MR) is 138 cm³/mol. The Balaban J connectivity index is 1.77. The molecule has 0 saturated carbocycles. The van der Waals surface area contributed by atoms with Crippen LogP contribution < -0.4 is 10.1 Å². The number of nitrogens with one attached hydrogen (secondary N) is 1. The van der Waals surface area contributed by atoms with Gasteiger partial charge in [0.15, 0.2) is 0 Å². The molecule has 2 rings (SSSR count). The Labute approximate surface area is 221 Å². The van der Waals surface area contributed by atoms with Crippen LogP contribution in [0.15, 0.2) is 42.0 Å². The van der Waals surface area contributed by atoms with Gasteiger partial charge in [-0.05, 0) is 61.8 Å². The van der Waals surface area contributed by atoms with Gasteiger partial charge in [-0.1, -0.05) is 49.6 Å². The maximum absolute atomic E-state index is 13.7. The van der Waals surface area contributed by atoms with Crippen molar-refractivity contribution in [3.63, 3.8) is 0 Å². The zero-order valence-electron chi connectivity index (χ0n) is 21.5. The summed E-state index contributed by atoms with van der Waals surface area (Å²) in [5.74, 6) is -0.843. The molecule has 1 aliphatic rings. The monoisotopic (exact) mass is 544 g/mol. The Kier molecular flexibility index (Phi) is 11.5. The van der Waals surface area contributed by atoms with Gasteiger partial charge < -0.3 is 20.1 Å². The number of unbranched alkanes of at least 4 members (excludes halogenated alkanes) is 1. The fourth-order valence-corrected chi connectivity index (χ4v) is 4.41. The van der Waals surface area contributed by atoms with Crippen LogP contribution in [0.2, 0.25) is 5.02 Å². The maximum Gasteiger partial charge on any atom is 0.430 e. The average molecular weight is 545 g/mol. The molecule has 1 aromatic rings. The largest absolute Gasteiger partial charge is 0.494 e. The van der Waals surface area contributed by atoms with E-state index in [-0.39, 0.29) is 30.4 Å². The van der Waals surface area contributed by atoms with Gasteiger partial charge in [-0.2, -0.15) is 13.2 Å². The molecule has 206 valence electrons. The molecule has 0 heterocycles. The number of carbonyl (C=O) groups excluding carboxylic acids is 2. The lowest BCUT2D eigenvalue weighted by Gasteiger charge is -2.32. The first-order valence-electron chi connectivity index (χ1n) is 12.5. The molecule has 2 atom stereocenters. The van der Waals surface area contributed by atoms with Crippen molar-refractivity contribution < 1.29 is 32.6 Å². The third-order valence-electron chi connectivity index (χ3n) is 6.49. The first-order valence-corrected chi connectivity index (χ1v) is 12.9. The van der Waals surface area contributed by atoms with Crippen molar-refractivity contribution in [1.82, 2.24) is 10.2 Å². The Morgan fingerprint density at radius 1 is 1.22 bits per heavy atom. The van der Waals surface area contributed by atoms with Gasteiger partial charge in [0.25, 0.3) is 17.4 Å². The van der Waals surface area contributed by atoms with Crippen LogP contribution in [-0.2, 0) is 4.79 Å². The normalized spacial score (nSPS) is 15.9. The fraction of sp³-hybridized carbons (Fsp3) is 0.556. The summed E-state index contributed by atoms with van der Waals surface area (Å²) >= 11 is 6.20. The molecular formula is C27H36ClF3N2O4. The van der Waals surface area contributed by atoms with Gasteiger partial charge in [0, 0.05) is 20.6 Å². The Bertz CT molecular complexity index is 994. The molecule has 0 spiro atoms. The van der Waals surface area contributed by atoms with Gasteiger partial charge in [-0.15, -0.1) is 0 Å². The molecular weight excluding hydrogens is 509 g/mol. The summed E-state index contributed by atoms with van der Waals surface area (Å²) in [5.41, 5.74) is -3.46. The van der Waals surface area contributed by atoms with Gasteiger partial charge in [0.05, 0.1) is 17.2 Å². The number of carbonyl (C=O) groups is 2. The second-order valence-electron chi connectivity index (χ2n) is 9.37. The molecule has 1 aromatic carbocycles. The van der Waals surface area contributed by atoms with E-state index in [0.717, 1.165) is 25.7 Å². The highest BCUT2D eigenvalue weighted by Crippen LogP contribution is 2.39. The molecule has 1 unspecified atom stereocenters. The average Bonchev–Trinajstić information content (AvgIpc) is 2.86. The van der Waals surface area contributed by atoms with Crippen molar-refractivity contribution in [3.8, 4) is 5.75 Å². The van der Waals surface area contributed by atoms with Crippen LogP contribution in [-0.4, -0.2) is 60.8 Å². The quantitative estimate of drug-likeness (QED) is 0.313. The van der Waals surface area contributed by atoms with Crippen LogP contribution >= 0.6 is 11.6 Å². The number of nitrogens with zero attached hydrogens (tertiary/aromatic N) is 1. The lowest BCUT2D eigenvalue weighted by molar-refractivity contribution is -0.238. The van der Waals surface area contributed by atoms with Crippen molar-refractivity contribution in [2.24, 2.45) is 5.92 Å². The number of halogens is 4. The Morgan fingerprint density at radius 3 is 2.51 bits per heavy atom. The number of rotatable bonds is 13. The molecule has 6 nitrogen and oxygen atoms in total. The third kappa shape index (κ3) is 8.23. The van der Waals surface area contributed by atoms with Gasteiger partial charge >= 0.3 is 6.18 Å². The number of allylic oxidation sites excluding steroid dienone is 3. The summed E-state index contributed by atoms with van der Waals surface area (Å²) in [6, 6.07) is 4.93. The first-order chi connectivity index (χ1) is 17.4. The van der Waals surface area contributed by atoms with Crippen LogP contribution in [0.5, 0.6) is 5.75 Å². The minimum atomic E-state index is -5.11. The summed E-state index contributed by atoms with van der Waals surface area (Å²) in [5, 5.41) is 13.0. The second kappa shape index (κ2) is 13.9. The van der Waals surface area contributed by atoms with E-state index in [1.165, 1.54) is 17.1 Å². The van der Waals surface area contributed by atoms with Crippen LogP contribution in [0.1, 0.15) is 62.2 Å². The van der Waals surface area contributed by atoms with E-state index >= 15 is 0 Å². The van der Waals surface area contributed by atoms with E-state index < -0.39 is 17.7 Å². The highest BCUT2D eigenvalue weighted by molar-refractivity contribution is 6.34. The highest BCUT2D eigenvalue weighted by atomic mass is 35.5. The molecule has 2 N–H and O–H groups in total. The number of hydrogen-bond donors (Lipinski definition) is 2. The van der Waals surface area contributed by atoms with Crippen LogP contribution in [0.25, 0.3) is 0 Å². The van der Waals surface area contributed by atoms with Crippen molar-refractivity contribution in [1.29, 1.82) is 0 Å². The van der Waals surface area contributed by atoms with Crippen molar-refractivity contribution in [2.75, 3.05) is 27.2 Å². The van der Waals surface area contributed by atoms with E-state index in [1.807, 2.05) is 6.92 Å². The summed E-state index contributed by atoms with van der Waals surface area (Å²) in [6.45, 7) is 2.49. The zero-order chi connectivity index (χ0) is 27.6. The van der Waals surface area contributed by atoms with E-state index in [1.54, 1.807) is 38.4 Å². The van der Waals surface area contributed by atoms with E-state index in [0.29, 0.717) is 35.8 Å². The molecule has 10 heteroatoms. The third-order valence-corrected chi connectivity index (χ3v) is 6.80. The van der Waals surface area contributed by atoms with Crippen molar-refractivity contribution >= 4 is 23.4 Å². The number of aliphatic hydroxyl groups is 1. The van der Waals surface area contributed by atoms with Crippen LogP contribution in [0, 0.1) is 5.92 Å². The number of benzene rings is 1. The molecule has 1 aliphatic carbocycles. The zero-order valence-corrected chi connectivity index (χ0v) is 22.3. The lowest BCUT2D eigenvalue weighted by Crippen LogP contribution is -2.58. The maximum atomic E-state index is 13.7. The number of amides is 2. The van der Waals surface area contributed by atoms with E-state index in [4.69, 9.17) is 16.3 Å². The number of alkyl halides is 3. The summed E-state index contributed by atoms with van der Waals surface area (Å²) in [6.07, 6.45) is 3.23. The minimum absolute atomic E-state index is 0.0237. The predicted octanol–water partition coefficient (Wildman–Crippen LogP) is 5.69. The van der Waals surface area contributed by atoms with E-state index in [2.05, 4.69) is 5.32 Å². The molecule has 0 fully saturated rings. The summed E-state index contributed by atoms with van der Waals surface area (Å²) in [7, 11) is 3.30. The SMILES string of the molecule is CCC(CCCCOc1ccc(C(=O)N(C)C)c(Cl)c1)CCNC(=O)[C@@](O)(C1=CC=CCC1)C(F)(F)F. The molecule has 0 aliphatic heterocycles. The van der Waals surface area contributed by atoms with Gasteiger partial charge in [0.2, 0.25) is 0 Å². The molecule has 0 aromatic heterocycles. The fourth-order valence-electron chi connectivity index (χ4n) is 4.16. The summed E-state index contributed by atoms with van der Waals surface area (Å²) in [4.78, 5) is 25.9. The molecule has 2 amide bonds. The van der Waals surface area contributed by atoms with Crippen LogP contribution in [0.3, 0.4) is 0 Å². The topological polar surface area (TPSA) is 78.9 Å². The van der Waals surface area contributed by atoms with Gasteiger partial charge in [-0.25, -0.2) is 0 Å². The van der Waals surface area contributed by atoms with Gasteiger partial charge in [-0.3, -0.25) is 9.59 Å². The summed E-state index contributed by atoms with van der Waals surface area (Å²) < 4.78 is 46.7. The molecule has 0 bridgehead atoms. The van der Waals surface area contributed by atoms with E-state index in [9.17, 15) is 27.9 Å². The smallest absolute Gasteiger partial charge is 0.430 e. The highest BCUT2D eigenvalue weighted by Gasteiger charge is 2.61. The molecule has 0 saturated heterocycles. The van der Waals surface area contributed by atoms with Crippen LogP contribution in [0.4, 0.5) is 13.2 Å². The lowest BCUT2D eigenvalue weighted by atomic mass is 9.86. The number of hydrogen-bond acceptors (Lipinski definition) is 4. The van der Waals surface area contributed by atoms with Gasteiger partial charge in [0.1, 0.15) is 5.75 Å².